The van der Waals surface area contributed by atoms with E-state index in [1.165, 1.54) is 6.92 Å². The van der Waals surface area contributed by atoms with Crippen molar-refractivity contribution in [3.8, 4) is 0 Å². The molecule has 0 radical (unpaired) electrons. The molecule has 18 heavy (non-hydrogen) atoms. The van der Waals surface area contributed by atoms with Crippen LogP contribution >= 0.6 is 0 Å². The Kier molecular flexibility index (Phi) is 12.8. The molecule has 0 bridgehead atoms. The normalized spacial score (nSPS) is 10.8. The number of benzene rings is 1. The molecule has 94 valence electrons. The molecule has 0 fully saturated rings. The van der Waals surface area contributed by atoms with Crippen molar-refractivity contribution in [2.75, 3.05) is 0 Å². The molecule has 3 N–H and O–H groups in total. The van der Waals surface area contributed by atoms with Crippen molar-refractivity contribution in [1.82, 2.24) is 0 Å². The van der Waals surface area contributed by atoms with Gasteiger partial charge in [-0.05, 0) is 18.6 Å². The van der Waals surface area contributed by atoms with E-state index in [0.717, 1.165) is 11.6 Å². The summed E-state index contributed by atoms with van der Waals surface area (Å²) in [5.74, 6) is -2.11. The van der Waals surface area contributed by atoms with Gasteiger partial charge in [-0.15, -0.1) is 0 Å². The Bertz CT molecular complexity index is 387. The molecule has 0 saturated carbocycles. The monoisotopic (exact) mass is 278 g/mol. The van der Waals surface area contributed by atoms with Crippen LogP contribution in [-0.4, -0.2) is 84.7 Å². The first kappa shape index (κ1) is 19.8. The van der Waals surface area contributed by atoms with Crippen LogP contribution in [0.2, 0.25) is 0 Å². The number of aliphatic hydroxyl groups excluding tert-OH is 1. The summed E-state index contributed by atoms with van der Waals surface area (Å²) in [4.78, 5) is 19.5. The molecule has 0 aliphatic carbocycles. The second kappa shape index (κ2) is 11.6. The Morgan fingerprint density at radius 3 is 1.94 bits per heavy atom. The molecular formula is C12H15KO5. The molecule has 0 amide bonds. The Labute approximate surface area is 148 Å². The summed E-state index contributed by atoms with van der Waals surface area (Å²) in [7, 11) is 0. The number of carbonyl (C=O) groups is 2. The first-order chi connectivity index (χ1) is 7.93. The van der Waals surface area contributed by atoms with E-state index in [1.54, 1.807) is 6.08 Å². The van der Waals surface area contributed by atoms with Crippen LogP contribution in [0.25, 0.3) is 6.08 Å². The summed E-state index contributed by atoms with van der Waals surface area (Å²) in [5.41, 5.74) is 0.898. The summed E-state index contributed by atoms with van der Waals surface area (Å²) in [6.45, 7) is 1.20. The van der Waals surface area contributed by atoms with Gasteiger partial charge in [-0.25, -0.2) is 9.59 Å². The number of rotatable bonds is 3. The van der Waals surface area contributed by atoms with Gasteiger partial charge in [0.1, 0.15) is 6.10 Å². The number of carboxylic acids is 2. The van der Waals surface area contributed by atoms with Crippen LogP contribution < -0.4 is 0 Å². The van der Waals surface area contributed by atoms with Gasteiger partial charge < -0.3 is 15.3 Å². The number of hydrogen-bond donors (Lipinski definition) is 3. The molecule has 0 heterocycles. The van der Waals surface area contributed by atoms with Crippen molar-refractivity contribution >= 4 is 69.4 Å². The fourth-order valence-corrected chi connectivity index (χ4v) is 0.732. The van der Waals surface area contributed by atoms with E-state index in [4.69, 9.17) is 15.3 Å². The number of aliphatic carboxylic acids is 2. The molecule has 0 spiro atoms. The molecular weight excluding hydrogens is 263 g/mol. The average molecular weight is 278 g/mol. The van der Waals surface area contributed by atoms with Crippen molar-refractivity contribution in [2.24, 2.45) is 0 Å². The second-order valence-electron chi connectivity index (χ2n) is 3.10. The van der Waals surface area contributed by atoms with E-state index in [1.807, 2.05) is 30.3 Å². The molecule has 1 unspecified atom stereocenters. The average Bonchev–Trinajstić information content (AvgIpc) is 2.28. The molecule has 0 saturated heterocycles. The minimum absolute atomic E-state index is 0. The first-order valence-corrected chi connectivity index (χ1v) is 4.80. The summed E-state index contributed by atoms with van der Waals surface area (Å²) < 4.78 is 0. The van der Waals surface area contributed by atoms with Gasteiger partial charge in [0.2, 0.25) is 0 Å². The van der Waals surface area contributed by atoms with Crippen molar-refractivity contribution in [3.05, 3.63) is 42.0 Å². The van der Waals surface area contributed by atoms with Crippen LogP contribution in [0.5, 0.6) is 0 Å². The number of carboxylic acid groups (broad SMARTS) is 2. The van der Waals surface area contributed by atoms with E-state index < -0.39 is 18.0 Å². The summed E-state index contributed by atoms with van der Waals surface area (Å²) in [5, 5.41) is 24.1. The Morgan fingerprint density at radius 1 is 1.17 bits per heavy atom. The van der Waals surface area contributed by atoms with Crippen LogP contribution in [0.3, 0.4) is 0 Å². The zero-order chi connectivity index (χ0) is 13.3. The van der Waals surface area contributed by atoms with Crippen molar-refractivity contribution in [2.45, 2.75) is 13.0 Å². The van der Waals surface area contributed by atoms with E-state index in [9.17, 15) is 9.59 Å². The quantitative estimate of drug-likeness (QED) is 0.555. The van der Waals surface area contributed by atoms with Gasteiger partial charge in [-0.3, -0.25) is 0 Å². The van der Waals surface area contributed by atoms with Gasteiger partial charge in [0.25, 0.3) is 0 Å². The molecule has 1 rings (SSSR count). The molecule has 1 aromatic carbocycles. The molecule has 0 aromatic heterocycles. The van der Waals surface area contributed by atoms with Gasteiger partial charge in [0.05, 0.1) is 0 Å². The van der Waals surface area contributed by atoms with Crippen molar-refractivity contribution < 1.29 is 24.9 Å². The third-order valence-corrected chi connectivity index (χ3v) is 1.58. The second-order valence-corrected chi connectivity index (χ2v) is 3.10. The Morgan fingerprint density at radius 2 is 1.61 bits per heavy atom. The Hall–Kier alpha value is -0.504. The van der Waals surface area contributed by atoms with Gasteiger partial charge in [-0.1, -0.05) is 30.3 Å². The first-order valence-electron chi connectivity index (χ1n) is 4.80. The predicted octanol–water partition coefficient (Wildman–Crippen LogP) is 0.588. The van der Waals surface area contributed by atoms with Crippen LogP contribution in [0.4, 0.5) is 0 Å². The third-order valence-electron chi connectivity index (χ3n) is 1.58. The Balaban J connectivity index is 0. The van der Waals surface area contributed by atoms with Gasteiger partial charge >= 0.3 is 63.3 Å². The number of hydrogen-bond acceptors (Lipinski definition) is 3. The SMILES string of the molecule is CC(O)C(=O)O.O=C(O)C=Cc1ccccc1.[KH]. The standard InChI is InChI=1S/C9H8O2.C3H6O3.K.H/c10-9(11)7-6-8-4-2-1-3-5-8;1-2(4)3(5)6;;/h1-7H,(H,10,11);2,4H,1H3,(H,5,6);;. The van der Waals surface area contributed by atoms with Gasteiger partial charge in [0, 0.05) is 6.08 Å². The van der Waals surface area contributed by atoms with Crippen molar-refractivity contribution in [3.63, 3.8) is 0 Å². The molecule has 0 aliphatic heterocycles. The van der Waals surface area contributed by atoms with E-state index in [0.29, 0.717) is 0 Å². The summed E-state index contributed by atoms with van der Waals surface area (Å²) >= 11 is 0. The summed E-state index contributed by atoms with van der Waals surface area (Å²) in [6.07, 6.45) is 1.45. The topological polar surface area (TPSA) is 94.8 Å². The molecule has 1 aromatic rings. The molecule has 6 heteroatoms. The predicted molar refractivity (Wildman–Crippen MR) is 69.6 cm³/mol. The number of aliphatic hydroxyl groups is 1. The van der Waals surface area contributed by atoms with Gasteiger partial charge in [-0.2, -0.15) is 0 Å². The maximum atomic E-state index is 10.1. The van der Waals surface area contributed by atoms with Gasteiger partial charge in [0.15, 0.2) is 0 Å². The molecule has 1 atom stereocenters. The van der Waals surface area contributed by atoms with Crippen LogP contribution in [-0.2, 0) is 9.59 Å². The molecule has 0 aliphatic rings. The van der Waals surface area contributed by atoms with Crippen LogP contribution in [0, 0.1) is 0 Å². The zero-order valence-corrected chi connectivity index (χ0v) is 9.28. The van der Waals surface area contributed by atoms with E-state index >= 15 is 0 Å². The van der Waals surface area contributed by atoms with E-state index in [2.05, 4.69) is 0 Å². The zero-order valence-electron chi connectivity index (χ0n) is 9.28. The minimum atomic E-state index is -1.23. The maximum absolute atomic E-state index is 10.1. The van der Waals surface area contributed by atoms with Crippen molar-refractivity contribution in [1.29, 1.82) is 0 Å². The van der Waals surface area contributed by atoms with Crippen LogP contribution in [0.15, 0.2) is 36.4 Å². The summed E-state index contributed by atoms with van der Waals surface area (Å²) in [6, 6.07) is 9.31. The molecule has 5 nitrogen and oxygen atoms in total. The van der Waals surface area contributed by atoms with E-state index in [-0.39, 0.29) is 51.4 Å². The fraction of sp³-hybridized carbons (Fsp3) is 0.167. The fourth-order valence-electron chi connectivity index (χ4n) is 0.732. The third kappa shape index (κ3) is 12.0. The van der Waals surface area contributed by atoms with Crippen LogP contribution in [0.1, 0.15) is 12.5 Å².